The molecule has 1 unspecified atom stereocenters. The summed E-state index contributed by atoms with van der Waals surface area (Å²) in [5, 5.41) is 9.26. The maximum Gasteiger partial charge on any atom is 0.320 e. The van der Waals surface area contributed by atoms with Gasteiger partial charge in [-0.2, -0.15) is 0 Å². The maximum atomic E-state index is 13.0. The number of aliphatic carboxylic acids is 1. The van der Waals surface area contributed by atoms with Gasteiger partial charge in [0.15, 0.2) is 11.6 Å². The van der Waals surface area contributed by atoms with E-state index < -0.39 is 22.4 Å². The Labute approximate surface area is 102 Å². The second-order valence-corrected chi connectivity index (χ2v) is 5.66. The number of thioether (sulfide) groups is 1. The highest BCUT2D eigenvalue weighted by Gasteiger charge is 2.42. The van der Waals surface area contributed by atoms with Crippen LogP contribution in [0.4, 0.5) is 8.78 Å². The zero-order valence-electron chi connectivity index (χ0n) is 9.08. The lowest BCUT2D eigenvalue weighted by Gasteiger charge is -2.22. The number of benzene rings is 1. The third kappa shape index (κ3) is 2.44. The normalized spacial score (nSPS) is 23.9. The summed E-state index contributed by atoms with van der Waals surface area (Å²) in [7, 11) is 0. The van der Waals surface area contributed by atoms with Crippen LogP contribution in [0.15, 0.2) is 18.2 Å². The van der Waals surface area contributed by atoms with E-state index in [9.17, 15) is 18.7 Å². The van der Waals surface area contributed by atoms with Gasteiger partial charge in [-0.15, -0.1) is 11.8 Å². The van der Waals surface area contributed by atoms with Crippen molar-refractivity contribution in [1.82, 2.24) is 0 Å². The molecule has 1 aliphatic heterocycles. The third-order valence-corrected chi connectivity index (χ3v) is 4.54. The first-order valence-electron chi connectivity index (χ1n) is 5.35. The minimum absolute atomic E-state index is 0.240. The lowest BCUT2D eigenvalue weighted by molar-refractivity contribution is -0.139. The predicted octanol–water partition coefficient (Wildman–Crippen LogP) is 2.86. The van der Waals surface area contributed by atoms with E-state index in [4.69, 9.17) is 0 Å². The molecule has 1 heterocycles. The van der Waals surface area contributed by atoms with Gasteiger partial charge in [-0.1, -0.05) is 6.07 Å². The average molecular weight is 258 g/mol. The maximum absolute atomic E-state index is 13.0. The topological polar surface area (TPSA) is 37.3 Å². The second kappa shape index (κ2) is 4.64. The lowest BCUT2D eigenvalue weighted by atomic mass is 9.94. The molecule has 0 spiro atoms. The van der Waals surface area contributed by atoms with Crippen LogP contribution in [0.1, 0.15) is 18.4 Å². The van der Waals surface area contributed by atoms with Crippen LogP contribution in [0.2, 0.25) is 0 Å². The van der Waals surface area contributed by atoms with E-state index in [1.165, 1.54) is 17.8 Å². The Balaban J connectivity index is 2.23. The van der Waals surface area contributed by atoms with E-state index in [1.807, 2.05) is 0 Å². The van der Waals surface area contributed by atoms with Crippen molar-refractivity contribution in [3.05, 3.63) is 35.4 Å². The Kier molecular flexibility index (Phi) is 3.38. The van der Waals surface area contributed by atoms with Gasteiger partial charge < -0.3 is 5.11 Å². The Morgan fingerprint density at radius 2 is 2.18 bits per heavy atom. The fraction of sp³-hybridized carbons (Fsp3) is 0.417. The molecule has 5 heteroatoms. The summed E-state index contributed by atoms with van der Waals surface area (Å²) in [6, 6.07) is 3.57. The lowest BCUT2D eigenvalue weighted by Crippen LogP contribution is -2.34. The summed E-state index contributed by atoms with van der Waals surface area (Å²) in [5.74, 6) is -1.90. The molecule has 1 aliphatic rings. The molecule has 17 heavy (non-hydrogen) atoms. The SMILES string of the molecule is O=C(O)C1(Cc2ccc(F)c(F)c2)CCCS1. The molecule has 1 N–H and O–H groups in total. The van der Waals surface area contributed by atoms with Crippen LogP contribution in [-0.4, -0.2) is 21.6 Å². The highest BCUT2D eigenvalue weighted by Crippen LogP contribution is 2.41. The van der Waals surface area contributed by atoms with Gasteiger partial charge in [0, 0.05) is 0 Å². The van der Waals surface area contributed by atoms with Crippen LogP contribution in [0.3, 0.4) is 0 Å². The first-order chi connectivity index (χ1) is 8.03. The molecule has 0 saturated carbocycles. The van der Waals surface area contributed by atoms with Gasteiger partial charge in [0.05, 0.1) is 0 Å². The van der Waals surface area contributed by atoms with Crippen molar-refractivity contribution in [1.29, 1.82) is 0 Å². The molecule has 0 amide bonds. The number of carboxylic acids is 1. The van der Waals surface area contributed by atoms with Crippen molar-refractivity contribution in [2.45, 2.75) is 24.0 Å². The van der Waals surface area contributed by atoms with Gasteiger partial charge in [0.2, 0.25) is 0 Å². The van der Waals surface area contributed by atoms with Gasteiger partial charge in [-0.05, 0) is 42.7 Å². The van der Waals surface area contributed by atoms with Crippen molar-refractivity contribution in [3.63, 3.8) is 0 Å². The summed E-state index contributed by atoms with van der Waals surface area (Å²) in [5.41, 5.74) is 0.528. The fourth-order valence-corrected chi connectivity index (χ4v) is 3.42. The Morgan fingerprint density at radius 3 is 2.71 bits per heavy atom. The molecular weight excluding hydrogens is 246 g/mol. The smallest absolute Gasteiger partial charge is 0.320 e. The standard InChI is InChI=1S/C12H12F2O2S/c13-9-3-2-8(6-10(9)14)7-12(11(15)16)4-1-5-17-12/h2-3,6H,1,4-5,7H2,(H,15,16). The summed E-state index contributed by atoms with van der Waals surface area (Å²) in [4.78, 5) is 11.3. The van der Waals surface area contributed by atoms with Crippen LogP contribution in [0.25, 0.3) is 0 Å². The molecule has 0 bridgehead atoms. The summed E-state index contributed by atoms with van der Waals surface area (Å²) >= 11 is 1.39. The number of carbonyl (C=O) groups is 1. The van der Waals surface area contributed by atoms with E-state index >= 15 is 0 Å². The fourth-order valence-electron chi connectivity index (χ4n) is 2.06. The molecule has 1 saturated heterocycles. The first kappa shape index (κ1) is 12.4. The number of hydrogen-bond donors (Lipinski definition) is 1. The minimum atomic E-state index is -0.925. The second-order valence-electron chi connectivity index (χ2n) is 4.18. The highest BCUT2D eigenvalue weighted by atomic mass is 32.2. The molecule has 1 fully saturated rings. The van der Waals surface area contributed by atoms with E-state index in [-0.39, 0.29) is 6.42 Å². The number of rotatable bonds is 3. The van der Waals surface area contributed by atoms with Crippen LogP contribution < -0.4 is 0 Å². The van der Waals surface area contributed by atoms with Crippen LogP contribution in [0.5, 0.6) is 0 Å². The van der Waals surface area contributed by atoms with E-state index in [0.717, 1.165) is 24.3 Å². The van der Waals surface area contributed by atoms with E-state index in [0.29, 0.717) is 12.0 Å². The molecule has 1 aromatic carbocycles. The van der Waals surface area contributed by atoms with Gasteiger partial charge >= 0.3 is 5.97 Å². The molecule has 0 radical (unpaired) electrons. The Hall–Kier alpha value is -1.10. The third-order valence-electron chi connectivity index (χ3n) is 2.97. The van der Waals surface area contributed by atoms with Crippen molar-refractivity contribution in [2.24, 2.45) is 0 Å². The molecule has 2 nitrogen and oxygen atoms in total. The zero-order chi connectivity index (χ0) is 12.5. The van der Waals surface area contributed by atoms with Gasteiger partial charge in [-0.25, -0.2) is 8.78 Å². The summed E-state index contributed by atoms with van der Waals surface area (Å²) in [6.07, 6.45) is 1.66. The minimum Gasteiger partial charge on any atom is -0.480 e. The molecule has 2 rings (SSSR count). The molecule has 0 aromatic heterocycles. The molecule has 0 aliphatic carbocycles. The largest absolute Gasteiger partial charge is 0.480 e. The predicted molar refractivity (Wildman–Crippen MR) is 62.1 cm³/mol. The Morgan fingerprint density at radius 1 is 1.41 bits per heavy atom. The van der Waals surface area contributed by atoms with Crippen LogP contribution >= 0.6 is 11.8 Å². The van der Waals surface area contributed by atoms with Crippen LogP contribution in [-0.2, 0) is 11.2 Å². The van der Waals surface area contributed by atoms with Crippen molar-refractivity contribution in [3.8, 4) is 0 Å². The van der Waals surface area contributed by atoms with Crippen molar-refractivity contribution in [2.75, 3.05) is 5.75 Å². The molecular formula is C12H12F2O2S. The van der Waals surface area contributed by atoms with E-state index in [2.05, 4.69) is 0 Å². The number of hydrogen-bond acceptors (Lipinski definition) is 2. The highest BCUT2D eigenvalue weighted by molar-refractivity contribution is 8.01. The van der Waals surface area contributed by atoms with Crippen LogP contribution in [0, 0.1) is 11.6 Å². The van der Waals surface area contributed by atoms with Gasteiger partial charge in [0.1, 0.15) is 4.75 Å². The monoisotopic (exact) mass is 258 g/mol. The molecule has 1 aromatic rings. The van der Waals surface area contributed by atoms with Crippen molar-refractivity contribution < 1.29 is 18.7 Å². The average Bonchev–Trinajstić information content (AvgIpc) is 2.73. The molecule has 1 atom stereocenters. The first-order valence-corrected chi connectivity index (χ1v) is 6.33. The van der Waals surface area contributed by atoms with Crippen molar-refractivity contribution >= 4 is 17.7 Å². The number of halogens is 2. The zero-order valence-corrected chi connectivity index (χ0v) is 9.90. The number of carboxylic acid groups (broad SMARTS) is 1. The van der Waals surface area contributed by atoms with E-state index in [1.54, 1.807) is 0 Å². The molecule has 92 valence electrons. The van der Waals surface area contributed by atoms with Gasteiger partial charge in [0.25, 0.3) is 0 Å². The van der Waals surface area contributed by atoms with Gasteiger partial charge in [-0.3, -0.25) is 4.79 Å². The summed E-state index contributed by atoms with van der Waals surface area (Å²) < 4.78 is 24.9. The summed E-state index contributed by atoms with van der Waals surface area (Å²) in [6.45, 7) is 0. The Bertz CT molecular complexity index is 442. The quantitative estimate of drug-likeness (QED) is 0.905.